The zero-order valence-electron chi connectivity index (χ0n) is 10.4. The first kappa shape index (κ1) is 11.4. The van der Waals surface area contributed by atoms with Crippen molar-refractivity contribution >= 4 is 0 Å². The van der Waals surface area contributed by atoms with Gasteiger partial charge in [-0.25, -0.2) is 0 Å². The molecule has 0 unspecified atom stereocenters. The number of nitrogens with zero attached hydrogens (tertiary/aromatic N) is 1. The Labute approximate surface area is 102 Å². The highest BCUT2D eigenvalue weighted by atomic mass is 14.2. The summed E-state index contributed by atoms with van der Waals surface area (Å²) in [6.07, 6.45) is 0. The summed E-state index contributed by atoms with van der Waals surface area (Å²) in [7, 11) is 0. The van der Waals surface area contributed by atoms with Crippen molar-refractivity contribution in [1.82, 2.24) is 0 Å². The molecule has 2 aromatic rings. The Balaban J connectivity index is 2.68. The van der Waals surface area contributed by atoms with E-state index in [4.69, 9.17) is 5.26 Å². The van der Waals surface area contributed by atoms with E-state index in [2.05, 4.69) is 45.0 Å². The fraction of sp³-hybridized carbons (Fsp3) is 0.188. The first-order chi connectivity index (χ1) is 8.13. The molecule has 0 aromatic heterocycles. The lowest BCUT2D eigenvalue weighted by molar-refractivity contribution is 1.32. The van der Waals surface area contributed by atoms with Crippen LogP contribution in [0.4, 0.5) is 0 Å². The molecule has 84 valence electrons. The maximum absolute atomic E-state index is 8.97. The van der Waals surface area contributed by atoms with Crippen LogP contribution in [-0.4, -0.2) is 0 Å². The Morgan fingerprint density at radius 2 is 1.65 bits per heavy atom. The minimum atomic E-state index is 0.714. The molecule has 0 saturated heterocycles. The van der Waals surface area contributed by atoms with E-state index in [1.807, 2.05) is 18.2 Å². The smallest absolute Gasteiger partial charge is 0.0991 e. The largest absolute Gasteiger partial charge is 0.192 e. The van der Waals surface area contributed by atoms with Crippen molar-refractivity contribution in [3.63, 3.8) is 0 Å². The maximum Gasteiger partial charge on any atom is 0.0991 e. The number of rotatable bonds is 1. The number of hydrogen-bond donors (Lipinski definition) is 0. The number of aryl methyl sites for hydroxylation is 2. The molecule has 0 bridgehead atoms. The molecule has 0 spiro atoms. The highest BCUT2D eigenvalue weighted by molar-refractivity contribution is 5.72. The van der Waals surface area contributed by atoms with Gasteiger partial charge < -0.3 is 0 Å². The lowest BCUT2D eigenvalue weighted by Crippen LogP contribution is -1.90. The van der Waals surface area contributed by atoms with Crippen LogP contribution in [0.1, 0.15) is 22.3 Å². The Hall–Kier alpha value is -2.07. The van der Waals surface area contributed by atoms with Gasteiger partial charge in [0.25, 0.3) is 0 Å². The van der Waals surface area contributed by atoms with Crippen LogP contribution in [0.5, 0.6) is 0 Å². The Bertz CT molecular complexity index is 603. The van der Waals surface area contributed by atoms with Crippen molar-refractivity contribution in [3.05, 3.63) is 58.7 Å². The van der Waals surface area contributed by atoms with E-state index in [1.165, 1.54) is 22.3 Å². The summed E-state index contributed by atoms with van der Waals surface area (Å²) < 4.78 is 0. The monoisotopic (exact) mass is 221 g/mol. The van der Waals surface area contributed by atoms with Gasteiger partial charge in [0, 0.05) is 0 Å². The third kappa shape index (κ3) is 2.07. The molecule has 0 heterocycles. The van der Waals surface area contributed by atoms with Gasteiger partial charge in [-0.1, -0.05) is 24.3 Å². The molecule has 1 nitrogen and oxygen atoms in total. The summed E-state index contributed by atoms with van der Waals surface area (Å²) in [6.45, 7) is 6.32. The van der Waals surface area contributed by atoms with E-state index in [-0.39, 0.29) is 0 Å². The number of hydrogen-bond acceptors (Lipinski definition) is 1. The van der Waals surface area contributed by atoms with Crippen LogP contribution < -0.4 is 0 Å². The van der Waals surface area contributed by atoms with Crippen molar-refractivity contribution in [2.45, 2.75) is 20.8 Å². The Morgan fingerprint density at radius 1 is 0.882 bits per heavy atom. The fourth-order valence-electron chi connectivity index (χ4n) is 2.02. The molecule has 0 saturated carbocycles. The third-order valence-electron chi connectivity index (χ3n) is 3.26. The first-order valence-corrected chi connectivity index (χ1v) is 5.71. The molecule has 1 heteroatoms. The lowest BCUT2D eigenvalue weighted by atomic mass is 9.93. The molecule has 0 aliphatic carbocycles. The summed E-state index contributed by atoms with van der Waals surface area (Å²) in [5, 5.41) is 8.97. The summed E-state index contributed by atoms with van der Waals surface area (Å²) >= 11 is 0. The van der Waals surface area contributed by atoms with Crippen molar-refractivity contribution in [2.75, 3.05) is 0 Å². The molecular weight excluding hydrogens is 206 g/mol. The van der Waals surface area contributed by atoms with Crippen LogP contribution in [0.2, 0.25) is 0 Å². The maximum atomic E-state index is 8.97. The van der Waals surface area contributed by atoms with Gasteiger partial charge >= 0.3 is 0 Å². The molecule has 17 heavy (non-hydrogen) atoms. The quantitative estimate of drug-likeness (QED) is 0.709. The van der Waals surface area contributed by atoms with Crippen molar-refractivity contribution in [1.29, 1.82) is 5.26 Å². The van der Waals surface area contributed by atoms with Gasteiger partial charge in [0.15, 0.2) is 0 Å². The normalized spacial score (nSPS) is 10.0. The van der Waals surface area contributed by atoms with E-state index in [9.17, 15) is 0 Å². The summed E-state index contributed by atoms with van der Waals surface area (Å²) in [4.78, 5) is 0. The van der Waals surface area contributed by atoms with Gasteiger partial charge in [0.1, 0.15) is 0 Å². The highest BCUT2D eigenvalue weighted by Gasteiger charge is 2.07. The van der Waals surface area contributed by atoms with Crippen LogP contribution >= 0.6 is 0 Å². The van der Waals surface area contributed by atoms with Crippen molar-refractivity contribution in [3.8, 4) is 17.2 Å². The van der Waals surface area contributed by atoms with E-state index < -0.39 is 0 Å². The van der Waals surface area contributed by atoms with Crippen molar-refractivity contribution < 1.29 is 0 Å². The van der Waals surface area contributed by atoms with Gasteiger partial charge in [-0.3, -0.25) is 0 Å². The van der Waals surface area contributed by atoms with Gasteiger partial charge in [-0.15, -0.1) is 0 Å². The van der Waals surface area contributed by atoms with E-state index >= 15 is 0 Å². The SMILES string of the molecule is Cc1ccc(C#N)cc1-c1cccc(C)c1C. The van der Waals surface area contributed by atoms with Crippen LogP contribution in [0.15, 0.2) is 36.4 Å². The second-order valence-electron chi connectivity index (χ2n) is 4.39. The van der Waals surface area contributed by atoms with E-state index in [0.29, 0.717) is 5.56 Å². The molecule has 0 amide bonds. The molecule has 0 atom stereocenters. The van der Waals surface area contributed by atoms with Gasteiger partial charge in [0.05, 0.1) is 11.6 Å². The Kier molecular flexibility index (Phi) is 2.97. The van der Waals surface area contributed by atoms with Crippen LogP contribution in [0, 0.1) is 32.1 Å². The highest BCUT2D eigenvalue weighted by Crippen LogP contribution is 2.28. The Morgan fingerprint density at radius 3 is 2.35 bits per heavy atom. The predicted molar refractivity (Wildman–Crippen MR) is 70.8 cm³/mol. The molecule has 0 radical (unpaired) electrons. The number of nitriles is 1. The fourth-order valence-corrected chi connectivity index (χ4v) is 2.02. The molecule has 2 rings (SSSR count). The average molecular weight is 221 g/mol. The van der Waals surface area contributed by atoms with Crippen LogP contribution in [0.3, 0.4) is 0 Å². The number of benzene rings is 2. The molecule has 0 fully saturated rings. The lowest BCUT2D eigenvalue weighted by Gasteiger charge is -2.11. The third-order valence-corrected chi connectivity index (χ3v) is 3.26. The first-order valence-electron chi connectivity index (χ1n) is 5.71. The second kappa shape index (κ2) is 4.43. The average Bonchev–Trinajstić information content (AvgIpc) is 2.34. The zero-order chi connectivity index (χ0) is 12.4. The molecule has 2 aromatic carbocycles. The minimum Gasteiger partial charge on any atom is -0.192 e. The predicted octanol–water partition coefficient (Wildman–Crippen LogP) is 4.15. The van der Waals surface area contributed by atoms with Gasteiger partial charge in [0.2, 0.25) is 0 Å². The summed E-state index contributed by atoms with van der Waals surface area (Å²) in [5.74, 6) is 0. The van der Waals surface area contributed by atoms with E-state index in [1.54, 1.807) is 0 Å². The van der Waals surface area contributed by atoms with Gasteiger partial charge in [-0.2, -0.15) is 5.26 Å². The van der Waals surface area contributed by atoms with Crippen molar-refractivity contribution in [2.24, 2.45) is 0 Å². The van der Waals surface area contributed by atoms with E-state index in [0.717, 1.165) is 5.56 Å². The molecule has 0 aliphatic rings. The minimum absolute atomic E-state index is 0.714. The van der Waals surface area contributed by atoms with Crippen LogP contribution in [-0.2, 0) is 0 Å². The van der Waals surface area contributed by atoms with Crippen LogP contribution in [0.25, 0.3) is 11.1 Å². The summed E-state index contributed by atoms with van der Waals surface area (Å²) in [5.41, 5.74) is 6.86. The topological polar surface area (TPSA) is 23.8 Å². The molecule has 0 aliphatic heterocycles. The second-order valence-corrected chi connectivity index (χ2v) is 4.39. The molecular formula is C16H15N. The summed E-state index contributed by atoms with van der Waals surface area (Å²) in [6, 6.07) is 14.3. The molecule has 0 N–H and O–H groups in total. The standard InChI is InChI=1S/C16H15N/c1-11-5-4-6-15(13(11)3)16-9-14(10-17)8-7-12(16)2/h4-9H,1-3H3. The zero-order valence-corrected chi connectivity index (χ0v) is 10.4. The van der Waals surface area contributed by atoms with Gasteiger partial charge in [-0.05, 0) is 60.7 Å².